The van der Waals surface area contributed by atoms with Gasteiger partial charge in [0, 0.05) is 30.4 Å². The first-order valence-electron chi connectivity index (χ1n) is 8.75. The number of benzene rings is 2. The van der Waals surface area contributed by atoms with Crippen LogP contribution in [-0.2, 0) is 9.59 Å². The van der Waals surface area contributed by atoms with E-state index < -0.39 is 0 Å². The minimum absolute atomic E-state index is 0.116. The Kier molecular flexibility index (Phi) is 6.87. The van der Waals surface area contributed by atoms with Crippen LogP contribution in [0.5, 0.6) is 17.2 Å². The van der Waals surface area contributed by atoms with Crippen molar-refractivity contribution in [1.82, 2.24) is 0 Å². The summed E-state index contributed by atoms with van der Waals surface area (Å²) in [5, 5.41) is 2.78. The second-order valence-electron chi connectivity index (χ2n) is 6.41. The number of ether oxygens (including phenoxy) is 3. The standard InChI is InChI=1S/C21H26N2O5/c1-13-7-14(2)9-17(8-13)23(15(3)24)12-20(25)22-16-10-18(26-4)21(28-6)19(11-16)27-5/h7-11H,12H2,1-6H3,(H,22,25). The first kappa shape index (κ1) is 21.1. The molecule has 0 radical (unpaired) electrons. The number of rotatable bonds is 7. The number of carbonyl (C=O) groups is 2. The van der Waals surface area contributed by atoms with Gasteiger partial charge in [-0.1, -0.05) is 6.07 Å². The molecule has 0 aliphatic carbocycles. The highest BCUT2D eigenvalue weighted by atomic mass is 16.5. The summed E-state index contributed by atoms with van der Waals surface area (Å²) in [7, 11) is 4.51. The molecule has 0 heterocycles. The number of hydrogen-bond acceptors (Lipinski definition) is 5. The van der Waals surface area contributed by atoms with Gasteiger partial charge < -0.3 is 24.4 Å². The lowest BCUT2D eigenvalue weighted by Crippen LogP contribution is -2.36. The maximum Gasteiger partial charge on any atom is 0.244 e. The van der Waals surface area contributed by atoms with E-state index in [0.717, 1.165) is 11.1 Å². The Morgan fingerprint density at radius 1 is 0.893 bits per heavy atom. The van der Waals surface area contributed by atoms with E-state index in [-0.39, 0.29) is 18.4 Å². The third-order valence-electron chi connectivity index (χ3n) is 4.15. The molecule has 0 aliphatic rings. The van der Waals surface area contributed by atoms with Gasteiger partial charge in [-0.25, -0.2) is 0 Å². The molecule has 150 valence electrons. The molecule has 2 amide bonds. The maximum absolute atomic E-state index is 12.6. The van der Waals surface area contributed by atoms with Crippen molar-refractivity contribution in [2.75, 3.05) is 38.1 Å². The molecule has 28 heavy (non-hydrogen) atoms. The molecule has 0 aromatic heterocycles. The van der Waals surface area contributed by atoms with Gasteiger partial charge in [-0.05, 0) is 37.1 Å². The molecular formula is C21H26N2O5. The molecular weight excluding hydrogens is 360 g/mol. The van der Waals surface area contributed by atoms with Crippen LogP contribution in [0.3, 0.4) is 0 Å². The van der Waals surface area contributed by atoms with Gasteiger partial charge >= 0.3 is 0 Å². The summed E-state index contributed by atoms with van der Waals surface area (Å²) in [6.07, 6.45) is 0. The van der Waals surface area contributed by atoms with Gasteiger partial charge in [0.1, 0.15) is 6.54 Å². The molecule has 7 nitrogen and oxygen atoms in total. The van der Waals surface area contributed by atoms with Crippen LogP contribution >= 0.6 is 0 Å². The van der Waals surface area contributed by atoms with Crippen LogP contribution in [0.1, 0.15) is 18.1 Å². The molecule has 0 unspecified atom stereocenters. The Labute approximate surface area is 165 Å². The summed E-state index contributed by atoms with van der Waals surface area (Å²) in [6, 6.07) is 9.03. The average Bonchev–Trinajstić information content (AvgIpc) is 2.64. The summed E-state index contributed by atoms with van der Waals surface area (Å²) < 4.78 is 15.9. The Morgan fingerprint density at radius 2 is 1.43 bits per heavy atom. The summed E-state index contributed by atoms with van der Waals surface area (Å²) in [6.45, 7) is 5.22. The zero-order valence-corrected chi connectivity index (χ0v) is 17.1. The fourth-order valence-electron chi connectivity index (χ4n) is 2.99. The predicted molar refractivity (Wildman–Crippen MR) is 109 cm³/mol. The number of methoxy groups -OCH3 is 3. The number of amides is 2. The van der Waals surface area contributed by atoms with E-state index in [4.69, 9.17) is 14.2 Å². The molecule has 7 heteroatoms. The number of nitrogens with one attached hydrogen (secondary N) is 1. The fraction of sp³-hybridized carbons (Fsp3) is 0.333. The average molecular weight is 386 g/mol. The first-order valence-corrected chi connectivity index (χ1v) is 8.75. The number of nitrogens with zero attached hydrogens (tertiary/aromatic N) is 1. The predicted octanol–water partition coefficient (Wildman–Crippen LogP) is 3.32. The van der Waals surface area contributed by atoms with Crippen molar-refractivity contribution in [3.8, 4) is 17.2 Å². The Morgan fingerprint density at radius 3 is 1.86 bits per heavy atom. The molecule has 0 saturated carbocycles. The highest BCUT2D eigenvalue weighted by Crippen LogP contribution is 2.39. The Hall–Kier alpha value is -3.22. The van der Waals surface area contributed by atoms with Crippen molar-refractivity contribution in [1.29, 1.82) is 0 Å². The second-order valence-corrected chi connectivity index (χ2v) is 6.41. The Balaban J connectivity index is 2.25. The van der Waals surface area contributed by atoms with Gasteiger partial charge in [-0.2, -0.15) is 0 Å². The topological polar surface area (TPSA) is 77.1 Å². The summed E-state index contributed by atoms with van der Waals surface area (Å²) in [5.74, 6) is 0.724. The van der Waals surface area contributed by atoms with Gasteiger partial charge in [-0.15, -0.1) is 0 Å². The van der Waals surface area contributed by atoms with Crippen LogP contribution < -0.4 is 24.4 Å². The van der Waals surface area contributed by atoms with E-state index in [9.17, 15) is 9.59 Å². The van der Waals surface area contributed by atoms with E-state index in [1.165, 1.54) is 33.2 Å². The van der Waals surface area contributed by atoms with Crippen molar-refractivity contribution >= 4 is 23.2 Å². The van der Waals surface area contributed by atoms with Gasteiger partial charge in [0.05, 0.1) is 21.3 Å². The summed E-state index contributed by atoms with van der Waals surface area (Å²) >= 11 is 0. The second kappa shape index (κ2) is 9.12. The number of anilines is 2. The van der Waals surface area contributed by atoms with Gasteiger partial charge in [0.25, 0.3) is 0 Å². The molecule has 0 fully saturated rings. The van der Waals surface area contributed by atoms with Crippen molar-refractivity contribution < 1.29 is 23.8 Å². The minimum Gasteiger partial charge on any atom is -0.493 e. The zero-order valence-electron chi connectivity index (χ0n) is 17.1. The highest BCUT2D eigenvalue weighted by molar-refractivity contribution is 6.02. The van der Waals surface area contributed by atoms with Gasteiger partial charge in [0.15, 0.2) is 11.5 Å². The van der Waals surface area contributed by atoms with E-state index in [0.29, 0.717) is 28.6 Å². The molecule has 0 spiro atoms. The van der Waals surface area contributed by atoms with Crippen LogP contribution in [0.15, 0.2) is 30.3 Å². The van der Waals surface area contributed by atoms with Crippen molar-refractivity contribution in [3.63, 3.8) is 0 Å². The van der Waals surface area contributed by atoms with Crippen LogP contribution in [-0.4, -0.2) is 39.7 Å². The van der Waals surface area contributed by atoms with E-state index in [1.54, 1.807) is 12.1 Å². The maximum atomic E-state index is 12.6. The molecule has 2 aromatic carbocycles. The minimum atomic E-state index is -0.344. The fourth-order valence-corrected chi connectivity index (χ4v) is 2.99. The SMILES string of the molecule is COc1cc(NC(=O)CN(C(C)=O)c2cc(C)cc(C)c2)cc(OC)c1OC. The van der Waals surface area contributed by atoms with Gasteiger partial charge in [0.2, 0.25) is 17.6 Å². The van der Waals surface area contributed by atoms with E-state index in [1.807, 2.05) is 32.0 Å². The quantitative estimate of drug-likeness (QED) is 0.790. The van der Waals surface area contributed by atoms with Crippen LogP contribution in [0.4, 0.5) is 11.4 Å². The van der Waals surface area contributed by atoms with Crippen molar-refractivity contribution in [2.45, 2.75) is 20.8 Å². The monoisotopic (exact) mass is 386 g/mol. The third kappa shape index (κ3) is 4.94. The number of hydrogen-bond donors (Lipinski definition) is 1. The van der Waals surface area contributed by atoms with Crippen LogP contribution in [0.2, 0.25) is 0 Å². The molecule has 2 aromatic rings. The van der Waals surface area contributed by atoms with E-state index >= 15 is 0 Å². The van der Waals surface area contributed by atoms with Gasteiger partial charge in [-0.3, -0.25) is 9.59 Å². The lowest BCUT2D eigenvalue weighted by molar-refractivity contribution is -0.120. The smallest absolute Gasteiger partial charge is 0.244 e. The molecule has 0 saturated heterocycles. The summed E-state index contributed by atoms with van der Waals surface area (Å²) in [4.78, 5) is 26.2. The summed E-state index contributed by atoms with van der Waals surface area (Å²) in [5.41, 5.74) is 3.20. The molecule has 0 atom stereocenters. The number of carbonyl (C=O) groups excluding carboxylic acids is 2. The Bertz CT molecular complexity index is 834. The molecule has 2 rings (SSSR count). The third-order valence-corrected chi connectivity index (χ3v) is 4.15. The highest BCUT2D eigenvalue weighted by Gasteiger charge is 2.18. The molecule has 1 N–H and O–H groups in total. The molecule has 0 bridgehead atoms. The van der Waals surface area contributed by atoms with E-state index in [2.05, 4.69) is 5.32 Å². The first-order chi connectivity index (χ1) is 13.3. The lowest BCUT2D eigenvalue weighted by Gasteiger charge is -2.22. The zero-order chi connectivity index (χ0) is 20.8. The normalized spacial score (nSPS) is 10.2. The molecule has 0 aliphatic heterocycles. The lowest BCUT2D eigenvalue weighted by atomic mass is 10.1. The van der Waals surface area contributed by atoms with Crippen LogP contribution in [0.25, 0.3) is 0 Å². The largest absolute Gasteiger partial charge is 0.493 e. The van der Waals surface area contributed by atoms with Crippen molar-refractivity contribution in [2.24, 2.45) is 0 Å². The van der Waals surface area contributed by atoms with Crippen molar-refractivity contribution in [3.05, 3.63) is 41.5 Å². The number of aryl methyl sites for hydroxylation is 2. The van der Waals surface area contributed by atoms with Crippen LogP contribution in [0, 0.1) is 13.8 Å².